The van der Waals surface area contributed by atoms with Gasteiger partial charge in [-0.25, -0.2) is 4.39 Å². The zero-order valence-electron chi connectivity index (χ0n) is 15.2. The summed E-state index contributed by atoms with van der Waals surface area (Å²) in [5.74, 6) is 0.376. The Balaban J connectivity index is 1.82. The van der Waals surface area contributed by atoms with Gasteiger partial charge in [-0.1, -0.05) is 37.3 Å². The van der Waals surface area contributed by atoms with Gasteiger partial charge in [0, 0.05) is 37.8 Å². The molecule has 26 heavy (non-hydrogen) atoms. The summed E-state index contributed by atoms with van der Waals surface area (Å²) in [4.78, 5) is 15.7. The fourth-order valence-electron chi connectivity index (χ4n) is 2.38. The lowest BCUT2D eigenvalue weighted by atomic mass is 10.2. The lowest BCUT2D eigenvalue weighted by Gasteiger charge is -2.13. The fourth-order valence-corrected chi connectivity index (χ4v) is 2.38. The number of amides is 1. The first-order valence-electron chi connectivity index (χ1n) is 8.69. The Morgan fingerprint density at radius 2 is 1.73 bits per heavy atom. The average Bonchev–Trinajstić information content (AvgIpc) is 2.64. The molecule has 0 aromatic heterocycles. The van der Waals surface area contributed by atoms with Crippen LogP contribution in [-0.4, -0.2) is 18.9 Å². The molecule has 0 unspecified atom stereocenters. The number of guanidine groups is 1. The van der Waals surface area contributed by atoms with Crippen LogP contribution in [0, 0.1) is 5.82 Å². The van der Waals surface area contributed by atoms with E-state index in [0.29, 0.717) is 31.0 Å². The summed E-state index contributed by atoms with van der Waals surface area (Å²) in [6.45, 7) is 2.90. The highest BCUT2D eigenvalue weighted by atomic mass is 19.1. The van der Waals surface area contributed by atoms with Gasteiger partial charge in [0.15, 0.2) is 5.96 Å². The monoisotopic (exact) mass is 356 g/mol. The van der Waals surface area contributed by atoms with E-state index >= 15 is 0 Å². The van der Waals surface area contributed by atoms with Crippen molar-refractivity contribution < 1.29 is 9.18 Å². The second-order valence-electron chi connectivity index (χ2n) is 5.87. The normalized spacial score (nSPS) is 11.1. The summed E-state index contributed by atoms with van der Waals surface area (Å²) in [5, 5.41) is 9.13. The van der Waals surface area contributed by atoms with Crippen molar-refractivity contribution in [2.45, 2.75) is 32.9 Å². The predicted octanol–water partition coefficient (Wildman–Crippen LogP) is 3.43. The number of hydrogen-bond donors (Lipinski definition) is 3. The van der Waals surface area contributed by atoms with Crippen molar-refractivity contribution >= 4 is 17.6 Å². The van der Waals surface area contributed by atoms with Gasteiger partial charge in [-0.15, -0.1) is 0 Å². The maximum Gasteiger partial charge on any atom is 0.224 e. The number of carbonyl (C=O) groups is 1. The van der Waals surface area contributed by atoms with Crippen LogP contribution in [0.2, 0.25) is 0 Å². The van der Waals surface area contributed by atoms with Crippen molar-refractivity contribution in [1.29, 1.82) is 0 Å². The first-order chi connectivity index (χ1) is 12.6. The Labute approximate surface area is 153 Å². The molecule has 0 aliphatic heterocycles. The number of halogens is 1. The van der Waals surface area contributed by atoms with Crippen LogP contribution in [0.25, 0.3) is 0 Å². The second-order valence-corrected chi connectivity index (χ2v) is 5.87. The molecule has 0 aliphatic carbocycles. The minimum Gasteiger partial charge on any atom is -0.352 e. The third-order valence-electron chi connectivity index (χ3n) is 3.80. The van der Waals surface area contributed by atoms with Crippen molar-refractivity contribution in [3.8, 4) is 0 Å². The van der Waals surface area contributed by atoms with Crippen LogP contribution < -0.4 is 16.0 Å². The van der Waals surface area contributed by atoms with E-state index in [1.807, 2.05) is 31.2 Å². The predicted molar refractivity (Wildman–Crippen MR) is 103 cm³/mol. The van der Waals surface area contributed by atoms with Crippen LogP contribution in [0.5, 0.6) is 0 Å². The van der Waals surface area contributed by atoms with Crippen LogP contribution in [0.4, 0.5) is 10.1 Å². The average molecular weight is 356 g/mol. The van der Waals surface area contributed by atoms with Gasteiger partial charge in [0.25, 0.3) is 0 Å². The zero-order valence-corrected chi connectivity index (χ0v) is 15.2. The van der Waals surface area contributed by atoms with Crippen LogP contribution in [0.15, 0.2) is 53.5 Å². The molecule has 2 aromatic carbocycles. The molecule has 0 bridgehead atoms. The molecule has 0 atom stereocenters. The third kappa shape index (κ3) is 6.20. The summed E-state index contributed by atoms with van der Waals surface area (Å²) < 4.78 is 13.6. The molecule has 0 saturated carbocycles. The maximum absolute atomic E-state index is 13.6. The Morgan fingerprint density at radius 1 is 1.04 bits per heavy atom. The number of anilines is 1. The number of benzene rings is 2. The van der Waals surface area contributed by atoms with Gasteiger partial charge in [-0.05, 0) is 30.2 Å². The zero-order chi connectivity index (χ0) is 18.8. The molecule has 2 rings (SSSR count). The molecule has 0 radical (unpaired) electrons. The number of hydrogen-bond acceptors (Lipinski definition) is 2. The van der Waals surface area contributed by atoms with E-state index in [1.165, 1.54) is 6.07 Å². The molecular weight excluding hydrogens is 331 g/mol. The quantitative estimate of drug-likeness (QED) is 0.526. The Bertz CT molecular complexity index is 744. The lowest BCUT2D eigenvalue weighted by molar-refractivity contribution is -0.116. The van der Waals surface area contributed by atoms with E-state index in [9.17, 15) is 9.18 Å². The number of carbonyl (C=O) groups excluding carboxylic acids is 1. The first kappa shape index (κ1) is 19.4. The van der Waals surface area contributed by atoms with Crippen LogP contribution in [0.3, 0.4) is 0 Å². The molecule has 3 N–H and O–H groups in total. The van der Waals surface area contributed by atoms with E-state index in [0.717, 1.165) is 17.7 Å². The standard InChI is InChI=1S/C20H25FN4O/c1-3-6-19(26)25-17-11-9-15(10-12-17)13-23-20(22-2)24-14-16-7-4-5-8-18(16)21/h4-5,7-12H,3,6,13-14H2,1-2H3,(H,25,26)(H2,22,23,24). The smallest absolute Gasteiger partial charge is 0.224 e. The van der Waals surface area contributed by atoms with E-state index in [4.69, 9.17) is 0 Å². The summed E-state index contributed by atoms with van der Waals surface area (Å²) in [6, 6.07) is 14.3. The van der Waals surface area contributed by atoms with Gasteiger partial charge in [0.05, 0.1) is 0 Å². The van der Waals surface area contributed by atoms with Gasteiger partial charge < -0.3 is 16.0 Å². The molecule has 0 fully saturated rings. The highest BCUT2D eigenvalue weighted by Crippen LogP contribution is 2.10. The Morgan fingerprint density at radius 3 is 2.38 bits per heavy atom. The topological polar surface area (TPSA) is 65.5 Å². The van der Waals surface area contributed by atoms with Gasteiger partial charge in [0.2, 0.25) is 5.91 Å². The Kier molecular flexibility index (Phi) is 7.61. The summed E-state index contributed by atoms with van der Waals surface area (Å²) >= 11 is 0. The highest BCUT2D eigenvalue weighted by molar-refractivity contribution is 5.90. The molecule has 5 nitrogen and oxygen atoms in total. The second kappa shape index (κ2) is 10.2. The van der Waals surface area contributed by atoms with Crippen LogP contribution in [0.1, 0.15) is 30.9 Å². The van der Waals surface area contributed by atoms with Crippen molar-refractivity contribution in [1.82, 2.24) is 10.6 Å². The molecule has 0 spiro atoms. The highest BCUT2D eigenvalue weighted by Gasteiger charge is 2.04. The lowest BCUT2D eigenvalue weighted by Crippen LogP contribution is -2.36. The minimum absolute atomic E-state index is 0.0242. The van der Waals surface area contributed by atoms with Gasteiger partial charge in [-0.3, -0.25) is 9.79 Å². The van der Waals surface area contributed by atoms with Crippen LogP contribution in [-0.2, 0) is 17.9 Å². The summed E-state index contributed by atoms with van der Waals surface area (Å²) in [5.41, 5.74) is 2.42. The molecule has 0 aliphatic rings. The Hall–Kier alpha value is -2.89. The number of aliphatic imine (C=N–C) groups is 1. The van der Waals surface area contributed by atoms with E-state index in [1.54, 1.807) is 25.2 Å². The summed E-state index contributed by atoms with van der Waals surface area (Å²) in [6.07, 6.45) is 1.35. The summed E-state index contributed by atoms with van der Waals surface area (Å²) in [7, 11) is 1.67. The first-order valence-corrected chi connectivity index (χ1v) is 8.69. The van der Waals surface area contributed by atoms with E-state index < -0.39 is 0 Å². The number of nitrogens with one attached hydrogen (secondary N) is 3. The van der Waals surface area contributed by atoms with E-state index in [-0.39, 0.29) is 11.7 Å². The molecule has 0 heterocycles. The third-order valence-corrected chi connectivity index (χ3v) is 3.80. The molecule has 138 valence electrons. The minimum atomic E-state index is -0.240. The number of rotatable bonds is 7. The van der Waals surface area contributed by atoms with E-state index in [2.05, 4.69) is 20.9 Å². The van der Waals surface area contributed by atoms with Crippen molar-refractivity contribution in [3.05, 3.63) is 65.5 Å². The molecule has 0 saturated heterocycles. The maximum atomic E-state index is 13.6. The SMILES string of the molecule is CCCC(=O)Nc1ccc(CNC(=NC)NCc2ccccc2F)cc1. The number of nitrogens with zero attached hydrogens (tertiary/aromatic N) is 1. The van der Waals surface area contributed by atoms with Gasteiger partial charge >= 0.3 is 0 Å². The molecule has 6 heteroatoms. The fraction of sp³-hybridized carbons (Fsp3) is 0.300. The molecule has 2 aromatic rings. The molecular formula is C20H25FN4O. The van der Waals surface area contributed by atoms with Gasteiger partial charge in [0.1, 0.15) is 5.82 Å². The largest absolute Gasteiger partial charge is 0.352 e. The van der Waals surface area contributed by atoms with Crippen molar-refractivity contribution in [3.63, 3.8) is 0 Å². The van der Waals surface area contributed by atoms with Crippen molar-refractivity contribution in [2.75, 3.05) is 12.4 Å². The van der Waals surface area contributed by atoms with Crippen molar-refractivity contribution in [2.24, 2.45) is 4.99 Å². The van der Waals surface area contributed by atoms with Crippen LogP contribution >= 0.6 is 0 Å². The molecule has 1 amide bonds. The van der Waals surface area contributed by atoms with Gasteiger partial charge in [-0.2, -0.15) is 0 Å².